The molecule has 0 aliphatic rings. The summed E-state index contributed by atoms with van der Waals surface area (Å²) in [6.07, 6.45) is 3.09. The van der Waals surface area contributed by atoms with Crippen molar-refractivity contribution < 1.29 is 9.53 Å². The lowest BCUT2D eigenvalue weighted by molar-refractivity contribution is -0.143. The summed E-state index contributed by atoms with van der Waals surface area (Å²) >= 11 is 3.53. The van der Waals surface area contributed by atoms with Gasteiger partial charge in [-0.1, -0.05) is 13.8 Å². The fourth-order valence-corrected chi connectivity index (χ4v) is 0.318. The van der Waals surface area contributed by atoms with Crippen molar-refractivity contribution in [2.45, 2.75) is 26.7 Å². The number of thiol groups is 1. The van der Waals surface area contributed by atoms with Gasteiger partial charge in [0.1, 0.15) is 0 Å². The zero-order valence-electron chi connectivity index (χ0n) is 6.89. The minimum Gasteiger partial charge on any atom is -0.466 e. The predicted molar refractivity (Wildman–Crippen MR) is 46.5 cm³/mol. The van der Waals surface area contributed by atoms with Crippen LogP contribution in [0.4, 0.5) is 0 Å². The molecule has 3 heteroatoms. The van der Waals surface area contributed by atoms with Crippen LogP contribution in [-0.4, -0.2) is 18.8 Å². The standard InChI is InChI=1S/C6H12O2.CH4S/c1-3-5-8-6(7)4-2;1-2/h3-5H2,1-2H3;2H,1H3. The van der Waals surface area contributed by atoms with E-state index < -0.39 is 0 Å². The van der Waals surface area contributed by atoms with Crippen molar-refractivity contribution in [3.05, 3.63) is 0 Å². The van der Waals surface area contributed by atoms with Crippen LogP contribution < -0.4 is 0 Å². The van der Waals surface area contributed by atoms with E-state index in [9.17, 15) is 4.79 Å². The molecule has 0 saturated carbocycles. The first-order chi connectivity index (χ1) is 4.81. The van der Waals surface area contributed by atoms with E-state index in [1.54, 1.807) is 13.2 Å². The number of carbonyl (C=O) groups is 1. The lowest BCUT2D eigenvalue weighted by Crippen LogP contribution is -2.02. The Morgan fingerprint density at radius 1 is 1.40 bits per heavy atom. The molecule has 0 rings (SSSR count). The van der Waals surface area contributed by atoms with Crippen LogP contribution in [-0.2, 0) is 9.53 Å². The molecule has 10 heavy (non-hydrogen) atoms. The van der Waals surface area contributed by atoms with Gasteiger partial charge in [-0.3, -0.25) is 4.79 Å². The first-order valence-electron chi connectivity index (χ1n) is 3.41. The quantitative estimate of drug-likeness (QED) is 0.509. The Kier molecular flexibility index (Phi) is 14.5. The third kappa shape index (κ3) is 10.7. The van der Waals surface area contributed by atoms with Gasteiger partial charge in [0.2, 0.25) is 0 Å². The molecule has 0 saturated heterocycles. The van der Waals surface area contributed by atoms with Gasteiger partial charge in [0.25, 0.3) is 0 Å². The Hall–Kier alpha value is -0.180. The molecular weight excluding hydrogens is 148 g/mol. The lowest BCUT2D eigenvalue weighted by Gasteiger charge is -1.97. The molecule has 0 aliphatic carbocycles. The highest BCUT2D eigenvalue weighted by atomic mass is 32.1. The van der Waals surface area contributed by atoms with Crippen LogP contribution >= 0.6 is 12.6 Å². The molecule has 0 atom stereocenters. The van der Waals surface area contributed by atoms with Crippen LogP contribution in [0.3, 0.4) is 0 Å². The second-order valence-electron chi connectivity index (χ2n) is 1.57. The first kappa shape index (κ1) is 12.5. The Bertz CT molecular complexity index is 74.0. The maximum absolute atomic E-state index is 10.3. The number of hydrogen-bond donors (Lipinski definition) is 1. The fourth-order valence-electron chi connectivity index (χ4n) is 0.318. The topological polar surface area (TPSA) is 26.3 Å². The molecule has 0 unspecified atom stereocenters. The van der Waals surface area contributed by atoms with E-state index >= 15 is 0 Å². The Labute approximate surface area is 68.4 Å². The summed E-state index contributed by atoms with van der Waals surface area (Å²) in [5, 5.41) is 0. The van der Waals surface area contributed by atoms with Gasteiger partial charge in [0.15, 0.2) is 0 Å². The average molecular weight is 164 g/mol. The summed E-state index contributed by atoms with van der Waals surface area (Å²) in [4.78, 5) is 10.3. The van der Waals surface area contributed by atoms with E-state index in [-0.39, 0.29) is 5.97 Å². The van der Waals surface area contributed by atoms with Crippen LogP contribution in [0, 0.1) is 0 Å². The molecule has 0 heterocycles. The summed E-state index contributed by atoms with van der Waals surface area (Å²) in [7, 11) is 0. The third-order valence-electron chi connectivity index (χ3n) is 0.756. The molecule has 0 spiro atoms. The van der Waals surface area contributed by atoms with Gasteiger partial charge in [-0.05, 0) is 12.7 Å². The van der Waals surface area contributed by atoms with E-state index in [0.717, 1.165) is 6.42 Å². The summed E-state index contributed by atoms with van der Waals surface area (Å²) in [5.41, 5.74) is 0. The second-order valence-corrected chi connectivity index (χ2v) is 1.57. The van der Waals surface area contributed by atoms with E-state index in [1.807, 2.05) is 6.92 Å². The van der Waals surface area contributed by atoms with Crippen molar-refractivity contribution in [2.75, 3.05) is 12.9 Å². The predicted octanol–water partition coefficient (Wildman–Crippen LogP) is 1.90. The SMILES string of the molecule is CCCOC(=O)CC.CS. The molecule has 0 N–H and O–H groups in total. The van der Waals surface area contributed by atoms with Crippen LogP contribution in [0.25, 0.3) is 0 Å². The number of ether oxygens (including phenoxy) is 1. The van der Waals surface area contributed by atoms with Crippen molar-refractivity contribution in [3.63, 3.8) is 0 Å². The Morgan fingerprint density at radius 3 is 2.20 bits per heavy atom. The maximum Gasteiger partial charge on any atom is 0.305 e. The van der Waals surface area contributed by atoms with E-state index in [2.05, 4.69) is 12.6 Å². The Morgan fingerprint density at radius 2 is 1.90 bits per heavy atom. The van der Waals surface area contributed by atoms with Crippen molar-refractivity contribution in [1.29, 1.82) is 0 Å². The third-order valence-corrected chi connectivity index (χ3v) is 0.756. The van der Waals surface area contributed by atoms with Crippen LogP contribution in [0.15, 0.2) is 0 Å². The summed E-state index contributed by atoms with van der Waals surface area (Å²) in [5.74, 6) is -0.105. The maximum atomic E-state index is 10.3. The van der Waals surface area contributed by atoms with Gasteiger partial charge in [-0.15, -0.1) is 0 Å². The number of esters is 1. The van der Waals surface area contributed by atoms with Crippen LogP contribution in [0.2, 0.25) is 0 Å². The first-order valence-corrected chi connectivity index (χ1v) is 4.31. The second kappa shape index (κ2) is 11.6. The van der Waals surface area contributed by atoms with E-state index in [1.165, 1.54) is 0 Å². The molecule has 0 aromatic rings. The van der Waals surface area contributed by atoms with Gasteiger partial charge in [0, 0.05) is 6.42 Å². The minimum absolute atomic E-state index is 0.105. The minimum atomic E-state index is -0.105. The summed E-state index contributed by atoms with van der Waals surface area (Å²) in [6.45, 7) is 4.33. The number of carbonyl (C=O) groups excluding carboxylic acids is 1. The largest absolute Gasteiger partial charge is 0.466 e. The van der Waals surface area contributed by atoms with Crippen LogP contribution in [0.5, 0.6) is 0 Å². The molecular formula is C7H16O2S. The normalized spacial score (nSPS) is 7.60. The highest BCUT2D eigenvalue weighted by molar-refractivity contribution is 7.79. The zero-order chi connectivity index (χ0) is 8.41. The number of rotatable bonds is 3. The van der Waals surface area contributed by atoms with Gasteiger partial charge in [-0.2, -0.15) is 12.6 Å². The van der Waals surface area contributed by atoms with Crippen molar-refractivity contribution in [2.24, 2.45) is 0 Å². The molecule has 2 nitrogen and oxygen atoms in total. The monoisotopic (exact) mass is 164 g/mol. The van der Waals surface area contributed by atoms with Gasteiger partial charge in [-0.25, -0.2) is 0 Å². The number of hydrogen-bond acceptors (Lipinski definition) is 3. The van der Waals surface area contributed by atoms with Crippen molar-refractivity contribution in [3.8, 4) is 0 Å². The molecule has 0 fully saturated rings. The molecule has 0 aromatic heterocycles. The van der Waals surface area contributed by atoms with Gasteiger partial charge < -0.3 is 4.74 Å². The van der Waals surface area contributed by atoms with Gasteiger partial charge >= 0.3 is 5.97 Å². The van der Waals surface area contributed by atoms with Crippen molar-refractivity contribution >= 4 is 18.6 Å². The zero-order valence-corrected chi connectivity index (χ0v) is 7.78. The summed E-state index contributed by atoms with van der Waals surface area (Å²) in [6, 6.07) is 0. The average Bonchev–Trinajstić information content (AvgIpc) is 2.04. The smallest absolute Gasteiger partial charge is 0.305 e. The lowest BCUT2D eigenvalue weighted by atomic mass is 10.5. The molecule has 62 valence electrons. The fraction of sp³-hybridized carbons (Fsp3) is 0.857. The molecule has 0 amide bonds. The molecule has 0 aliphatic heterocycles. The van der Waals surface area contributed by atoms with E-state index in [0.29, 0.717) is 13.0 Å². The highest BCUT2D eigenvalue weighted by Crippen LogP contribution is 1.85. The van der Waals surface area contributed by atoms with E-state index in [4.69, 9.17) is 4.74 Å². The molecule has 0 bridgehead atoms. The molecule has 0 aromatic carbocycles. The van der Waals surface area contributed by atoms with Crippen molar-refractivity contribution in [1.82, 2.24) is 0 Å². The molecule has 0 radical (unpaired) electrons. The van der Waals surface area contributed by atoms with Gasteiger partial charge in [0.05, 0.1) is 6.61 Å². The summed E-state index contributed by atoms with van der Waals surface area (Å²) < 4.78 is 4.70. The van der Waals surface area contributed by atoms with Crippen LogP contribution in [0.1, 0.15) is 26.7 Å². The Balaban J connectivity index is 0. The highest BCUT2D eigenvalue weighted by Gasteiger charge is 1.93.